The van der Waals surface area contributed by atoms with E-state index in [0.29, 0.717) is 6.54 Å². The zero-order valence-corrected chi connectivity index (χ0v) is 15.1. The number of benzene rings is 2. The Morgan fingerprint density at radius 3 is 2.50 bits per heavy atom. The maximum absolute atomic E-state index is 13.0. The van der Waals surface area contributed by atoms with Gasteiger partial charge in [0, 0.05) is 24.6 Å². The minimum atomic E-state index is -4.52. The smallest absolute Gasteiger partial charge is 0.324 e. The van der Waals surface area contributed by atoms with E-state index >= 15 is 0 Å². The predicted octanol–water partition coefficient (Wildman–Crippen LogP) is 3.96. The summed E-state index contributed by atoms with van der Waals surface area (Å²) in [7, 11) is 1.74. The minimum absolute atomic E-state index is 0.0323. The Morgan fingerprint density at radius 1 is 1.14 bits per heavy atom. The molecular weight excluding hydrogens is 369 g/mol. The number of carbonyl (C=O) groups is 1. The molecule has 0 aliphatic carbocycles. The summed E-state index contributed by atoms with van der Waals surface area (Å²) in [6.45, 7) is 0.452. The van der Waals surface area contributed by atoms with E-state index in [2.05, 4.69) is 10.3 Å². The largest absolute Gasteiger partial charge is 0.418 e. The third-order valence-electron chi connectivity index (χ3n) is 4.11. The molecule has 0 aliphatic rings. The highest BCUT2D eigenvalue weighted by molar-refractivity contribution is 5.93. The summed E-state index contributed by atoms with van der Waals surface area (Å²) in [5.41, 5.74) is 0.847. The van der Waals surface area contributed by atoms with Gasteiger partial charge in [0.2, 0.25) is 5.91 Å². The Balaban J connectivity index is 1.58. The number of hydrogen-bond acceptors (Lipinski definition) is 3. The molecular formula is C20H19F3N4O. The lowest BCUT2D eigenvalue weighted by molar-refractivity contribution is -0.137. The van der Waals surface area contributed by atoms with Crippen molar-refractivity contribution >= 4 is 11.6 Å². The van der Waals surface area contributed by atoms with Crippen LogP contribution in [0.2, 0.25) is 0 Å². The van der Waals surface area contributed by atoms with Gasteiger partial charge in [-0.15, -0.1) is 0 Å². The van der Waals surface area contributed by atoms with E-state index < -0.39 is 17.6 Å². The van der Waals surface area contributed by atoms with E-state index in [1.807, 2.05) is 35.0 Å². The Labute approximate surface area is 160 Å². The highest BCUT2D eigenvalue weighted by Crippen LogP contribution is 2.34. The van der Waals surface area contributed by atoms with Crippen LogP contribution < -0.4 is 5.32 Å². The number of amides is 1. The first-order valence-corrected chi connectivity index (χ1v) is 8.55. The first-order valence-electron chi connectivity index (χ1n) is 8.55. The molecule has 0 spiro atoms. The molecule has 2 aromatic carbocycles. The molecule has 0 saturated carbocycles. The third kappa shape index (κ3) is 4.98. The van der Waals surface area contributed by atoms with Crippen LogP contribution in [-0.4, -0.2) is 34.0 Å². The summed E-state index contributed by atoms with van der Waals surface area (Å²) in [6, 6.07) is 12.7. The summed E-state index contributed by atoms with van der Waals surface area (Å²) in [6.07, 6.45) is 0.707. The van der Waals surface area contributed by atoms with Gasteiger partial charge in [-0.3, -0.25) is 9.69 Å². The van der Waals surface area contributed by atoms with Crippen molar-refractivity contribution < 1.29 is 18.0 Å². The predicted molar refractivity (Wildman–Crippen MR) is 100.0 cm³/mol. The molecule has 0 aliphatic heterocycles. The molecule has 0 atom stereocenters. The molecule has 0 fully saturated rings. The lowest BCUT2D eigenvalue weighted by Gasteiger charge is -2.18. The number of aromatic nitrogens is 2. The van der Waals surface area contributed by atoms with Crippen LogP contribution in [0.1, 0.15) is 11.1 Å². The van der Waals surface area contributed by atoms with Crippen LogP contribution in [0.15, 0.2) is 67.3 Å². The van der Waals surface area contributed by atoms with Gasteiger partial charge in [0.25, 0.3) is 0 Å². The Hall–Kier alpha value is -3.13. The zero-order chi connectivity index (χ0) is 20.1. The molecule has 5 nitrogen and oxygen atoms in total. The van der Waals surface area contributed by atoms with Gasteiger partial charge in [-0.25, -0.2) is 4.98 Å². The Kier molecular flexibility index (Phi) is 5.79. The van der Waals surface area contributed by atoms with E-state index in [9.17, 15) is 18.0 Å². The molecule has 3 rings (SSSR count). The molecule has 3 aromatic rings. The molecule has 28 heavy (non-hydrogen) atoms. The molecule has 0 saturated heterocycles. The SMILES string of the molecule is CN(CC(=O)Nc1ccccc1C(F)(F)F)Cc1ccc(-n2ccnc2)cc1. The van der Waals surface area contributed by atoms with Gasteiger partial charge in [0.15, 0.2) is 0 Å². The van der Waals surface area contributed by atoms with Gasteiger partial charge in [-0.2, -0.15) is 13.2 Å². The third-order valence-corrected chi connectivity index (χ3v) is 4.11. The summed E-state index contributed by atoms with van der Waals surface area (Å²) in [4.78, 5) is 17.9. The highest BCUT2D eigenvalue weighted by Gasteiger charge is 2.33. The maximum atomic E-state index is 13.0. The van der Waals surface area contributed by atoms with Crippen LogP contribution in [0.5, 0.6) is 0 Å². The number of rotatable bonds is 6. The number of halogens is 3. The van der Waals surface area contributed by atoms with Crippen LogP contribution in [0.4, 0.5) is 18.9 Å². The minimum Gasteiger partial charge on any atom is -0.324 e. The molecule has 0 radical (unpaired) electrons. The quantitative estimate of drug-likeness (QED) is 0.695. The molecule has 0 unspecified atom stereocenters. The lowest BCUT2D eigenvalue weighted by Crippen LogP contribution is -2.30. The van der Waals surface area contributed by atoms with Crippen molar-refractivity contribution in [2.24, 2.45) is 0 Å². The average Bonchev–Trinajstić information content (AvgIpc) is 3.16. The lowest BCUT2D eigenvalue weighted by atomic mass is 10.1. The number of alkyl halides is 3. The van der Waals surface area contributed by atoms with Crippen molar-refractivity contribution in [1.29, 1.82) is 0 Å². The molecule has 1 amide bonds. The number of carbonyl (C=O) groups excluding carboxylic acids is 1. The first kappa shape index (κ1) is 19.6. The highest BCUT2D eigenvalue weighted by atomic mass is 19.4. The normalized spacial score (nSPS) is 11.6. The topological polar surface area (TPSA) is 50.2 Å². The number of nitrogens with zero attached hydrogens (tertiary/aromatic N) is 3. The Bertz CT molecular complexity index is 921. The van der Waals surface area contributed by atoms with Gasteiger partial charge >= 0.3 is 6.18 Å². The fourth-order valence-electron chi connectivity index (χ4n) is 2.83. The number of nitrogens with one attached hydrogen (secondary N) is 1. The van der Waals surface area contributed by atoms with Crippen LogP contribution in [0.25, 0.3) is 5.69 Å². The van der Waals surface area contributed by atoms with Crippen molar-refractivity contribution in [2.45, 2.75) is 12.7 Å². The fourth-order valence-corrected chi connectivity index (χ4v) is 2.83. The Morgan fingerprint density at radius 2 is 1.86 bits per heavy atom. The van der Waals surface area contributed by atoms with E-state index in [1.54, 1.807) is 24.5 Å². The summed E-state index contributed by atoms with van der Waals surface area (Å²) in [5.74, 6) is -0.505. The second kappa shape index (κ2) is 8.26. The molecule has 0 bridgehead atoms. The van der Waals surface area contributed by atoms with Gasteiger partial charge in [-0.1, -0.05) is 24.3 Å². The van der Waals surface area contributed by atoms with Crippen molar-refractivity contribution in [3.8, 4) is 5.69 Å². The molecule has 146 valence electrons. The standard InChI is InChI=1S/C20H19F3N4O/c1-26(12-15-6-8-16(9-7-15)27-11-10-24-14-27)13-19(28)25-18-5-3-2-4-17(18)20(21,22)23/h2-11,14H,12-13H2,1H3,(H,25,28). The average molecular weight is 388 g/mol. The number of imidazole rings is 1. The first-order chi connectivity index (χ1) is 13.3. The van der Waals surface area contributed by atoms with Crippen LogP contribution in [0, 0.1) is 0 Å². The van der Waals surface area contributed by atoms with Gasteiger partial charge in [0.05, 0.1) is 24.1 Å². The summed E-state index contributed by atoms with van der Waals surface area (Å²) < 4.78 is 40.9. The van der Waals surface area contributed by atoms with Gasteiger partial charge in [0.1, 0.15) is 0 Å². The van der Waals surface area contributed by atoms with E-state index in [1.165, 1.54) is 18.2 Å². The second-order valence-electron chi connectivity index (χ2n) is 6.40. The number of anilines is 1. The van der Waals surface area contributed by atoms with Crippen molar-refractivity contribution in [3.63, 3.8) is 0 Å². The molecule has 1 heterocycles. The van der Waals surface area contributed by atoms with Crippen molar-refractivity contribution in [3.05, 3.63) is 78.4 Å². The van der Waals surface area contributed by atoms with E-state index in [4.69, 9.17) is 0 Å². The second-order valence-corrected chi connectivity index (χ2v) is 6.40. The van der Waals surface area contributed by atoms with Gasteiger partial charge in [-0.05, 0) is 36.9 Å². The van der Waals surface area contributed by atoms with E-state index in [0.717, 1.165) is 17.3 Å². The monoisotopic (exact) mass is 388 g/mol. The van der Waals surface area contributed by atoms with Crippen LogP contribution in [0.3, 0.4) is 0 Å². The summed E-state index contributed by atoms with van der Waals surface area (Å²) in [5, 5.41) is 2.35. The molecule has 1 N–H and O–H groups in total. The molecule has 1 aromatic heterocycles. The van der Waals surface area contributed by atoms with Crippen LogP contribution >= 0.6 is 0 Å². The van der Waals surface area contributed by atoms with E-state index in [-0.39, 0.29) is 12.2 Å². The van der Waals surface area contributed by atoms with Gasteiger partial charge < -0.3 is 9.88 Å². The van der Waals surface area contributed by atoms with Crippen LogP contribution in [-0.2, 0) is 17.5 Å². The zero-order valence-electron chi connectivity index (χ0n) is 15.1. The fraction of sp³-hybridized carbons (Fsp3) is 0.200. The molecule has 8 heteroatoms. The maximum Gasteiger partial charge on any atom is 0.418 e. The number of likely N-dealkylation sites (N-methyl/N-ethyl adjacent to an activating group) is 1. The summed E-state index contributed by atoms with van der Waals surface area (Å²) >= 11 is 0. The number of hydrogen-bond donors (Lipinski definition) is 1. The number of para-hydroxylation sites is 1. The van der Waals surface area contributed by atoms with Crippen molar-refractivity contribution in [1.82, 2.24) is 14.5 Å². The van der Waals surface area contributed by atoms with Crippen molar-refractivity contribution in [2.75, 3.05) is 18.9 Å².